The summed E-state index contributed by atoms with van der Waals surface area (Å²) in [5.41, 5.74) is 6.06. The van der Waals surface area contributed by atoms with E-state index in [2.05, 4.69) is 15.6 Å². The Bertz CT molecular complexity index is 963. The number of carbonyl (C=O) groups excluding carboxylic acids is 2. The Labute approximate surface area is 159 Å². The van der Waals surface area contributed by atoms with Crippen LogP contribution in [0.2, 0.25) is 0 Å². The van der Waals surface area contributed by atoms with Crippen molar-refractivity contribution < 1.29 is 14.0 Å². The standard InChI is InChI=1S/C18H18FN5O2S/c1-8(2)5-11(16(21)25)23-17-14(19)10-7-22-18(26)13(10)15(24-17)12-4-3-9(6-20)27-12/h3-4,8,11H,5,7H2,1-2H3,(H2,21,25)(H,22,26)(H,23,24)/t11-/m1/s1. The summed E-state index contributed by atoms with van der Waals surface area (Å²) in [4.78, 5) is 29.3. The summed E-state index contributed by atoms with van der Waals surface area (Å²) in [6.07, 6.45) is 0.414. The Balaban J connectivity index is 2.10. The molecule has 0 unspecified atom stereocenters. The lowest BCUT2D eigenvalue weighted by Crippen LogP contribution is -2.37. The number of hydrogen-bond donors (Lipinski definition) is 3. The molecule has 4 N–H and O–H groups in total. The SMILES string of the molecule is CC(C)C[C@@H](Nc1nc(-c2ccc(C#N)s2)c2c(c1F)CNC2=O)C(N)=O. The number of rotatable bonds is 6. The van der Waals surface area contributed by atoms with Crippen molar-refractivity contribution in [3.8, 4) is 16.6 Å². The molecule has 27 heavy (non-hydrogen) atoms. The van der Waals surface area contributed by atoms with Gasteiger partial charge in [0, 0.05) is 12.1 Å². The van der Waals surface area contributed by atoms with Gasteiger partial charge in [0.1, 0.15) is 17.0 Å². The van der Waals surface area contributed by atoms with Gasteiger partial charge in [0.15, 0.2) is 11.6 Å². The van der Waals surface area contributed by atoms with Crippen LogP contribution in [0.25, 0.3) is 10.6 Å². The van der Waals surface area contributed by atoms with Crippen molar-refractivity contribution in [2.75, 3.05) is 5.32 Å². The maximum Gasteiger partial charge on any atom is 0.254 e. The second-order valence-corrected chi connectivity index (χ2v) is 7.75. The molecule has 1 aliphatic rings. The van der Waals surface area contributed by atoms with Crippen molar-refractivity contribution in [2.45, 2.75) is 32.9 Å². The molecule has 0 spiro atoms. The van der Waals surface area contributed by atoms with E-state index < -0.39 is 23.7 Å². The molecule has 2 aromatic rings. The first-order valence-corrected chi connectivity index (χ1v) is 9.20. The highest BCUT2D eigenvalue weighted by Crippen LogP contribution is 2.36. The van der Waals surface area contributed by atoms with E-state index >= 15 is 0 Å². The zero-order valence-corrected chi connectivity index (χ0v) is 15.6. The largest absolute Gasteiger partial charge is 0.368 e. The normalized spacial score (nSPS) is 13.8. The first-order valence-electron chi connectivity index (χ1n) is 8.38. The minimum atomic E-state index is -0.791. The summed E-state index contributed by atoms with van der Waals surface area (Å²) in [7, 11) is 0. The van der Waals surface area contributed by atoms with Gasteiger partial charge < -0.3 is 16.4 Å². The third kappa shape index (κ3) is 3.61. The second kappa shape index (κ2) is 7.32. The Kier molecular flexibility index (Phi) is 5.10. The smallest absolute Gasteiger partial charge is 0.254 e. The molecule has 0 bridgehead atoms. The molecule has 0 aromatic carbocycles. The van der Waals surface area contributed by atoms with Gasteiger partial charge in [-0.15, -0.1) is 11.3 Å². The molecule has 0 fully saturated rings. The highest BCUT2D eigenvalue weighted by atomic mass is 32.1. The van der Waals surface area contributed by atoms with Gasteiger partial charge >= 0.3 is 0 Å². The van der Waals surface area contributed by atoms with Crippen LogP contribution in [0.5, 0.6) is 0 Å². The number of nitrogens with two attached hydrogens (primary N) is 1. The Morgan fingerprint density at radius 1 is 1.52 bits per heavy atom. The molecule has 3 heterocycles. The lowest BCUT2D eigenvalue weighted by molar-refractivity contribution is -0.119. The summed E-state index contributed by atoms with van der Waals surface area (Å²) >= 11 is 1.16. The summed E-state index contributed by atoms with van der Waals surface area (Å²) in [5, 5.41) is 14.4. The molecule has 1 atom stereocenters. The van der Waals surface area contributed by atoms with Gasteiger partial charge in [-0.1, -0.05) is 13.8 Å². The molecular formula is C18H18FN5O2S. The first kappa shape index (κ1) is 18.8. The first-order chi connectivity index (χ1) is 12.8. The van der Waals surface area contributed by atoms with E-state index in [0.717, 1.165) is 11.3 Å². The van der Waals surface area contributed by atoms with Crippen LogP contribution in [0.4, 0.5) is 10.2 Å². The zero-order valence-electron chi connectivity index (χ0n) is 14.8. The number of nitrogens with zero attached hydrogens (tertiary/aromatic N) is 2. The maximum absolute atomic E-state index is 15.0. The van der Waals surface area contributed by atoms with E-state index in [1.807, 2.05) is 19.9 Å². The fraction of sp³-hybridized carbons (Fsp3) is 0.333. The van der Waals surface area contributed by atoms with Crippen molar-refractivity contribution in [2.24, 2.45) is 11.7 Å². The number of nitrogens with one attached hydrogen (secondary N) is 2. The number of primary amides is 1. The number of carbonyl (C=O) groups is 2. The number of fused-ring (bicyclic) bond motifs is 1. The van der Waals surface area contributed by atoms with E-state index in [-0.39, 0.29) is 35.1 Å². The van der Waals surface area contributed by atoms with Crippen LogP contribution in [0, 0.1) is 23.1 Å². The molecule has 9 heteroatoms. The molecule has 7 nitrogen and oxygen atoms in total. The van der Waals surface area contributed by atoms with Crippen molar-refractivity contribution >= 4 is 29.0 Å². The Morgan fingerprint density at radius 3 is 2.85 bits per heavy atom. The Morgan fingerprint density at radius 2 is 2.26 bits per heavy atom. The number of nitriles is 1. The van der Waals surface area contributed by atoms with Gasteiger partial charge in [0.2, 0.25) is 5.91 Å². The second-order valence-electron chi connectivity index (χ2n) is 6.66. The molecule has 1 aliphatic heterocycles. The summed E-state index contributed by atoms with van der Waals surface area (Å²) in [6, 6.07) is 4.52. The number of halogens is 1. The van der Waals surface area contributed by atoms with Gasteiger partial charge in [-0.3, -0.25) is 9.59 Å². The number of hydrogen-bond acceptors (Lipinski definition) is 6. The summed E-state index contributed by atoms with van der Waals surface area (Å²) in [5.74, 6) is -1.68. The van der Waals surface area contributed by atoms with Crippen LogP contribution in [-0.4, -0.2) is 22.8 Å². The molecular weight excluding hydrogens is 369 g/mol. The predicted octanol–water partition coefficient (Wildman–Crippen LogP) is 2.38. The van der Waals surface area contributed by atoms with Crippen LogP contribution >= 0.6 is 11.3 Å². The van der Waals surface area contributed by atoms with Crippen LogP contribution in [-0.2, 0) is 11.3 Å². The quantitative estimate of drug-likeness (QED) is 0.703. The average molecular weight is 387 g/mol. The maximum atomic E-state index is 15.0. The van der Waals surface area contributed by atoms with Crippen LogP contribution in [0.3, 0.4) is 0 Å². The van der Waals surface area contributed by atoms with Gasteiger partial charge in [0.05, 0.1) is 16.1 Å². The average Bonchev–Trinajstić information content (AvgIpc) is 3.23. The van der Waals surface area contributed by atoms with Gasteiger partial charge in [-0.2, -0.15) is 5.26 Å². The van der Waals surface area contributed by atoms with Gasteiger partial charge in [-0.05, 0) is 24.5 Å². The third-order valence-corrected chi connectivity index (χ3v) is 5.20. The topological polar surface area (TPSA) is 121 Å². The number of thiophene rings is 1. The Hall–Kier alpha value is -2.99. The van der Waals surface area contributed by atoms with Crippen LogP contribution < -0.4 is 16.4 Å². The number of aromatic nitrogens is 1. The number of anilines is 1. The lowest BCUT2D eigenvalue weighted by atomic mass is 10.0. The molecule has 0 saturated carbocycles. The minimum Gasteiger partial charge on any atom is -0.368 e. The predicted molar refractivity (Wildman–Crippen MR) is 99.5 cm³/mol. The highest BCUT2D eigenvalue weighted by molar-refractivity contribution is 7.16. The minimum absolute atomic E-state index is 0.0338. The lowest BCUT2D eigenvalue weighted by Gasteiger charge is -2.19. The molecule has 140 valence electrons. The highest BCUT2D eigenvalue weighted by Gasteiger charge is 2.31. The van der Waals surface area contributed by atoms with E-state index in [4.69, 9.17) is 11.0 Å². The van der Waals surface area contributed by atoms with Crippen molar-refractivity contribution in [3.63, 3.8) is 0 Å². The fourth-order valence-electron chi connectivity index (χ4n) is 2.96. The van der Waals surface area contributed by atoms with E-state index in [0.29, 0.717) is 16.2 Å². The van der Waals surface area contributed by atoms with Crippen molar-refractivity contribution in [1.82, 2.24) is 10.3 Å². The molecule has 2 amide bonds. The molecule has 2 aromatic heterocycles. The van der Waals surface area contributed by atoms with Crippen molar-refractivity contribution in [3.05, 3.63) is 34.0 Å². The molecule has 0 radical (unpaired) electrons. The van der Waals surface area contributed by atoms with E-state index in [9.17, 15) is 14.0 Å². The fourth-order valence-corrected chi connectivity index (χ4v) is 3.76. The van der Waals surface area contributed by atoms with Crippen LogP contribution in [0.15, 0.2) is 12.1 Å². The third-order valence-electron chi connectivity index (χ3n) is 4.20. The van der Waals surface area contributed by atoms with Crippen molar-refractivity contribution in [1.29, 1.82) is 5.26 Å². The number of amides is 2. The van der Waals surface area contributed by atoms with Crippen LogP contribution in [0.1, 0.15) is 41.1 Å². The molecule has 0 saturated heterocycles. The molecule has 0 aliphatic carbocycles. The van der Waals surface area contributed by atoms with Gasteiger partial charge in [0.25, 0.3) is 5.91 Å². The molecule has 3 rings (SSSR count). The monoisotopic (exact) mass is 387 g/mol. The van der Waals surface area contributed by atoms with Gasteiger partial charge in [-0.25, -0.2) is 9.37 Å². The van der Waals surface area contributed by atoms with E-state index in [1.165, 1.54) is 0 Å². The zero-order chi connectivity index (χ0) is 19.7. The summed E-state index contributed by atoms with van der Waals surface area (Å²) < 4.78 is 15.0. The summed E-state index contributed by atoms with van der Waals surface area (Å²) in [6.45, 7) is 3.88. The number of pyridine rings is 1. The van der Waals surface area contributed by atoms with E-state index in [1.54, 1.807) is 12.1 Å².